The van der Waals surface area contributed by atoms with Crippen molar-refractivity contribution in [3.05, 3.63) is 54.4 Å². The van der Waals surface area contributed by atoms with Gasteiger partial charge in [-0.25, -0.2) is 9.97 Å². The fourth-order valence-electron chi connectivity index (χ4n) is 3.91. The van der Waals surface area contributed by atoms with Crippen LogP contribution in [0.1, 0.15) is 60.9 Å². The first-order valence-electron chi connectivity index (χ1n) is 10.5. The summed E-state index contributed by atoms with van der Waals surface area (Å²) in [6.45, 7) is 1.35. The van der Waals surface area contributed by atoms with Gasteiger partial charge in [0.25, 0.3) is 5.91 Å². The lowest BCUT2D eigenvalue weighted by molar-refractivity contribution is -0.132. The number of fused-ring (bicyclic) bond motifs is 1. The highest BCUT2D eigenvalue weighted by Gasteiger charge is 2.31. The molecule has 0 spiro atoms. The molecule has 1 aromatic carbocycles. The lowest BCUT2D eigenvalue weighted by Crippen LogP contribution is -2.31. The highest BCUT2D eigenvalue weighted by Crippen LogP contribution is 2.32. The maximum absolute atomic E-state index is 12.8. The number of nitrogens with zero attached hydrogens (tertiary/aromatic N) is 4. The third kappa shape index (κ3) is 4.64. The first-order valence-corrected chi connectivity index (χ1v) is 10.5. The Balaban J connectivity index is 1.20. The molecule has 0 aliphatic carbocycles. The van der Waals surface area contributed by atoms with E-state index in [2.05, 4.69) is 20.3 Å². The van der Waals surface area contributed by atoms with Gasteiger partial charge < -0.3 is 15.2 Å². The zero-order valence-electron chi connectivity index (χ0n) is 16.9. The third-order valence-corrected chi connectivity index (χ3v) is 5.45. The Bertz CT molecular complexity index is 970. The van der Waals surface area contributed by atoms with E-state index >= 15 is 0 Å². The number of imidazole rings is 1. The normalized spacial score (nSPS) is 16.1. The molecule has 2 aromatic heterocycles. The average Bonchev–Trinajstić information content (AvgIpc) is 3.43. The monoisotopic (exact) mass is 406 g/mol. The van der Waals surface area contributed by atoms with Crippen molar-refractivity contribution >= 4 is 22.8 Å². The molecule has 30 heavy (non-hydrogen) atoms. The third-order valence-electron chi connectivity index (χ3n) is 5.45. The number of amides is 2. The van der Waals surface area contributed by atoms with Crippen LogP contribution in [0.5, 0.6) is 0 Å². The van der Waals surface area contributed by atoms with Crippen molar-refractivity contribution in [1.82, 2.24) is 30.2 Å². The molecule has 1 fully saturated rings. The van der Waals surface area contributed by atoms with Crippen LogP contribution in [0.15, 0.2) is 42.9 Å². The lowest BCUT2D eigenvalue weighted by atomic mass is 10.1. The SMILES string of the molecule is O=C(NCCCCCC(=O)N1CCCC1c1nc2ccccc2[nH]1)c1cnccn1. The van der Waals surface area contributed by atoms with Gasteiger partial charge in [-0.05, 0) is 37.8 Å². The van der Waals surface area contributed by atoms with E-state index in [9.17, 15) is 9.59 Å². The summed E-state index contributed by atoms with van der Waals surface area (Å²) in [4.78, 5) is 42.6. The number of para-hydroxylation sites is 2. The molecular formula is C22H26N6O2. The largest absolute Gasteiger partial charge is 0.351 e. The Morgan fingerprint density at radius 2 is 2.07 bits per heavy atom. The predicted molar refractivity (Wildman–Crippen MR) is 113 cm³/mol. The van der Waals surface area contributed by atoms with Crippen LogP contribution in [0.2, 0.25) is 0 Å². The van der Waals surface area contributed by atoms with Crippen molar-refractivity contribution in [2.45, 2.75) is 44.6 Å². The minimum Gasteiger partial charge on any atom is -0.351 e. The second-order valence-corrected chi connectivity index (χ2v) is 7.54. The fraction of sp³-hybridized carbons (Fsp3) is 0.409. The highest BCUT2D eigenvalue weighted by atomic mass is 16.2. The number of hydrogen-bond acceptors (Lipinski definition) is 5. The van der Waals surface area contributed by atoms with Crippen LogP contribution < -0.4 is 5.32 Å². The number of aromatic amines is 1. The van der Waals surface area contributed by atoms with Crippen molar-refractivity contribution in [2.75, 3.05) is 13.1 Å². The molecule has 0 bridgehead atoms. The van der Waals surface area contributed by atoms with E-state index in [1.807, 2.05) is 29.2 Å². The van der Waals surface area contributed by atoms with Crippen LogP contribution in [0.3, 0.4) is 0 Å². The second kappa shape index (κ2) is 9.47. The number of rotatable bonds is 8. The van der Waals surface area contributed by atoms with Gasteiger partial charge in [0.05, 0.1) is 23.3 Å². The molecule has 3 heterocycles. The van der Waals surface area contributed by atoms with Gasteiger partial charge in [0.2, 0.25) is 5.91 Å². The van der Waals surface area contributed by atoms with E-state index in [1.54, 1.807) is 0 Å². The number of unbranched alkanes of at least 4 members (excludes halogenated alkanes) is 2. The summed E-state index contributed by atoms with van der Waals surface area (Å²) >= 11 is 0. The van der Waals surface area contributed by atoms with Crippen LogP contribution in [-0.4, -0.2) is 49.7 Å². The van der Waals surface area contributed by atoms with Gasteiger partial charge in [-0.2, -0.15) is 0 Å². The van der Waals surface area contributed by atoms with Crippen molar-refractivity contribution in [3.8, 4) is 0 Å². The summed E-state index contributed by atoms with van der Waals surface area (Å²) in [5, 5.41) is 2.83. The van der Waals surface area contributed by atoms with E-state index < -0.39 is 0 Å². The summed E-state index contributed by atoms with van der Waals surface area (Å²) in [6, 6.07) is 7.99. The number of carbonyl (C=O) groups excluding carboxylic acids is 2. The van der Waals surface area contributed by atoms with E-state index in [0.717, 1.165) is 55.5 Å². The Hall–Kier alpha value is -3.29. The lowest BCUT2D eigenvalue weighted by Gasteiger charge is -2.23. The standard InChI is InChI=1S/C22H26N6O2/c29-20(10-2-1-5-11-25-22(30)18-15-23-12-13-24-18)28-14-6-9-19(28)21-26-16-7-3-4-8-17(16)27-21/h3-4,7-8,12-13,15,19H,1-2,5-6,9-11,14H2,(H,25,30)(H,26,27). The van der Waals surface area contributed by atoms with E-state index in [1.165, 1.54) is 18.6 Å². The number of nitrogens with one attached hydrogen (secondary N) is 2. The Morgan fingerprint density at radius 3 is 2.90 bits per heavy atom. The maximum Gasteiger partial charge on any atom is 0.271 e. The molecule has 2 N–H and O–H groups in total. The Morgan fingerprint density at radius 1 is 1.17 bits per heavy atom. The van der Waals surface area contributed by atoms with E-state index in [-0.39, 0.29) is 17.9 Å². The zero-order chi connectivity index (χ0) is 20.8. The van der Waals surface area contributed by atoms with Gasteiger partial charge in [0.15, 0.2) is 0 Å². The Kier molecular flexibility index (Phi) is 6.32. The van der Waals surface area contributed by atoms with E-state index in [0.29, 0.717) is 18.7 Å². The molecule has 1 aliphatic heterocycles. The smallest absolute Gasteiger partial charge is 0.271 e. The molecule has 1 aliphatic rings. The van der Waals surface area contributed by atoms with Crippen LogP contribution in [0, 0.1) is 0 Å². The van der Waals surface area contributed by atoms with Crippen LogP contribution in [-0.2, 0) is 4.79 Å². The fourth-order valence-corrected chi connectivity index (χ4v) is 3.91. The highest BCUT2D eigenvalue weighted by molar-refractivity contribution is 5.91. The minimum absolute atomic E-state index is 0.0381. The second-order valence-electron chi connectivity index (χ2n) is 7.54. The number of carbonyl (C=O) groups is 2. The van der Waals surface area contributed by atoms with Crippen molar-refractivity contribution in [1.29, 1.82) is 0 Å². The number of H-pyrrole nitrogens is 1. The molecule has 1 saturated heterocycles. The molecular weight excluding hydrogens is 380 g/mol. The quantitative estimate of drug-likeness (QED) is 0.560. The maximum atomic E-state index is 12.8. The van der Waals surface area contributed by atoms with Crippen molar-refractivity contribution in [2.24, 2.45) is 0 Å². The molecule has 8 heteroatoms. The van der Waals surface area contributed by atoms with Gasteiger partial charge in [-0.1, -0.05) is 18.6 Å². The summed E-state index contributed by atoms with van der Waals surface area (Å²) in [6.07, 6.45) is 9.47. The van der Waals surface area contributed by atoms with E-state index in [4.69, 9.17) is 4.98 Å². The van der Waals surface area contributed by atoms with Gasteiger partial charge in [0.1, 0.15) is 11.5 Å². The molecule has 1 unspecified atom stereocenters. The first kappa shape index (κ1) is 20.0. The summed E-state index contributed by atoms with van der Waals surface area (Å²) in [7, 11) is 0. The van der Waals surface area contributed by atoms with Crippen LogP contribution in [0.25, 0.3) is 11.0 Å². The first-order chi connectivity index (χ1) is 14.7. The molecule has 0 saturated carbocycles. The summed E-state index contributed by atoms with van der Waals surface area (Å²) in [5.41, 5.74) is 2.27. The van der Waals surface area contributed by atoms with Gasteiger partial charge >= 0.3 is 0 Å². The van der Waals surface area contributed by atoms with Gasteiger partial charge in [-0.3, -0.25) is 14.6 Å². The minimum atomic E-state index is -0.218. The topological polar surface area (TPSA) is 104 Å². The van der Waals surface area contributed by atoms with Crippen LogP contribution >= 0.6 is 0 Å². The molecule has 8 nitrogen and oxygen atoms in total. The zero-order valence-corrected chi connectivity index (χ0v) is 16.9. The summed E-state index contributed by atoms with van der Waals surface area (Å²) < 4.78 is 0. The molecule has 0 radical (unpaired) electrons. The van der Waals surface area contributed by atoms with Crippen molar-refractivity contribution in [3.63, 3.8) is 0 Å². The van der Waals surface area contributed by atoms with Crippen LogP contribution in [0.4, 0.5) is 0 Å². The average molecular weight is 406 g/mol. The molecule has 1 atom stereocenters. The predicted octanol–water partition coefficient (Wildman–Crippen LogP) is 3.01. The number of aromatic nitrogens is 4. The van der Waals surface area contributed by atoms with Crippen molar-refractivity contribution < 1.29 is 9.59 Å². The molecule has 3 aromatic rings. The molecule has 4 rings (SSSR count). The number of likely N-dealkylation sites (tertiary alicyclic amines) is 1. The number of benzene rings is 1. The summed E-state index contributed by atoms with van der Waals surface area (Å²) in [5.74, 6) is 0.847. The number of hydrogen-bond donors (Lipinski definition) is 2. The van der Waals surface area contributed by atoms with Gasteiger partial charge in [0, 0.05) is 31.9 Å². The van der Waals surface area contributed by atoms with Gasteiger partial charge in [-0.15, -0.1) is 0 Å². The Labute approximate surface area is 175 Å². The molecule has 2 amide bonds. The molecule has 156 valence electrons.